The number of aromatic amines is 1. The molecule has 1 aliphatic rings. The van der Waals surface area contributed by atoms with Gasteiger partial charge in [-0.1, -0.05) is 66.4 Å². The van der Waals surface area contributed by atoms with Gasteiger partial charge in [-0.15, -0.1) is 0 Å². The molecule has 334 valence electrons. The molecule has 1 saturated heterocycles. The highest BCUT2D eigenvalue weighted by molar-refractivity contribution is 7.99. The SMILES string of the molecule is COc1ccc(C(OC[C@H]2O[C@@H](n3cc(NCCNC(=O)Cn4cc(C)c(SCOC(=O)C(C)(C)C)nc4=O)c(=O)[nH]c3=O)C[C@@H]2O)(c2ccccc2)c2ccc(OC)cc2)cc1. The Kier molecular flexibility index (Phi) is 14.9. The highest BCUT2D eigenvalue weighted by atomic mass is 32.2. The summed E-state index contributed by atoms with van der Waals surface area (Å²) in [6, 6.07) is 24.7. The molecule has 5 aromatic rings. The van der Waals surface area contributed by atoms with E-state index in [1.165, 1.54) is 17.0 Å². The van der Waals surface area contributed by atoms with E-state index in [0.717, 1.165) is 33.0 Å². The van der Waals surface area contributed by atoms with Crippen LogP contribution in [0.4, 0.5) is 5.69 Å². The van der Waals surface area contributed by atoms with Gasteiger partial charge in [0.15, 0.2) is 0 Å². The molecule has 1 aliphatic heterocycles. The number of nitrogens with one attached hydrogen (secondary N) is 3. The summed E-state index contributed by atoms with van der Waals surface area (Å²) in [6.07, 6.45) is -0.0320. The van der Waals surface area contributed by atoms with Crippen LogP contribution in [0.1, 0.15) is 55.7 Å². The van der Waals surface area contributed by atoms with Crippen molar-refractivity contribution < 1.29 is 38.4 Å². The van der Waals surface area contributed by atoms with Crippen LogP contribution in [0.15, 0.2) is 111 Å². The Morgan fingerprint density at radius 2 is 1.52 bits per heavy atom. The van der Waals surface area contributed by atoms with Gasteiger partial charge >= 0.3 is 17.3 Å². The number of benzene rings is 3. The Morgan fingerprint density at radius 3 is 2.13 bits per heavy atom. The molecule has 0 saturated carbocycles. The Bertz CT molecular complexity index is 2490. The van der Waals surface area contributed by atoms with Crippen molar-refractivity contribution in [1.29, 1.82) is 0 Å². The number of rotatable bonds is 18. The monoisotopic (exact) mass is 884 g/mol. The normalized spacial score (nSPS) is 16.3. The number of H-pyrrole nitrogens is 1. The third-order valence-electron chi connectivity index (χ3n) is 10.3. The highest BCUT2D eigenvalue weighted by Crippen LogP contribution is 2.42. The maximum atomic E-state index is 13.1. The number of hydrogen-bond donors (Lipinski definition) is 4. The van der Waals surface area contributed by atoms with E-state index in [0.29, 0.717) is 22.1 Å². The maximum absolute atomic E-state index is 13.1. The minimum absolute atomic E-state index is 0.0136. The van der Waals surface area contributed by atoms with Gasteiger partial charge in [-0.25, -0.2) is 9.59 Å². The largest absolute Gasteiger partial charge is 0.497 e. The highest BCUT2D eigenvalue weighted by Gasteiger charge is 2.42. The molecule has 0 spiro atoms. The van der Waals surface area contributed by atoms with E-state index in [1.807, 2.05) is 78.9 Å². The van der Waals surface area contributed by atoms with E-state index >= 15 is 0 Å². The Balaban J connectivity index is 1.10. The number of thioether (sulfide) groups is 1. The van der Waals surface area contributed by atoms with Crippen LogP contribution in [0, 0.1) is 12.3 Å². The van der Waals surface area contributed by atoms with Gasteiger partial charge < -0.3 is 39.4 Å². The average molecular weight is 885 g/mol. The van der Waals surface area contributed by atoms with E-state index in [9.17, 15) is 29.1 Å². The number of carbonyl (C=O) groups is 2. The van der Waals surface area contributed by atoms with Crippen molar-refractivity contribution in [1.82, 2.24) is 24.4 Å². The van der Waals surface area contributed by atoms with Crippen LogP contribution in [0.25, 0.3) is 0 Å². The fourth-order valence-corrected chi connectivity index (χ4v) is 7.65. The lowest BCUT2D eigenvalue weighted by Gasteiger charge is -2.37. The first kappa shape index (κ1) is 46.3. The van der Waals surface area contributed by atoms with Crippen molar-refractivity contribution in [3.63, 3.8) is 0 Å². The summed E-state index contributed by atoms with van der Waals surface area (Å²) in [5.74, 6) is 0.457. The van der Waals surface area contributed by atoms with Crippen LogP contribution in [0.2, 0.25) is 0 Å². The lowest BCUT2D eigenvalue weighted by Crippen LogP contribution is -2.38. The number of aliphatic hydroxyl groups is 1. The van der Waals surface area contributed by atoms with Gasteiger partial charge in [0, 0.05) is 31.9 Å². The van der Waals surface area contributed by atoms with E-state index in [1.54, 1.807) is 41.9 Å². The van der Waals surface area contributed by atoms with Crippen molar-refractivity contribution in [3.8, 4) is 11.5 Å². The predicted octanol–water partition coefficient (Wildman–Crippen LogP) is 3.94. The molecule has 3 heterocycles. The summed E-state index contributed by atoms with van der Waals surface area (Å²) >= 11 is 1.10. The number of ether oxygens (including phenoxy) is 5. The van der Waals surface area contributed by atoms with Crippen molar-refractivity contribution in [2.75, 3.05) is 45.2 Å². The van der Waals surface area contributed by atoms with Gasteiger partial charge in [0.05, 0.1) is 32.3 Å². The van der Waals surface area contributed by atoms with Gasteiger partial charge in [0.25, 0.3) is 5.56 Å². The predicted molar refractivity (Wildman–Crippen MR) is 235 cm³/mol. The van der Waals surface area contributed by atoms with Crippen LogP contribution < -0.4 is 37.0 Å². The molecule has 0 aliphatic carbocycles. The average Bonchev–Trinajstić information content (AvgIpc) is 3.64. The number of methoxy groups -OCH3 is 2. The molecule has 3 atom stereocenters. The molecular formula is C45H52N6O11S. The summed E-state index contributed by atoms with van der Waals surface area (Å²) in [5, 5.41) is 17.3. The van der Waals surface area contributed by atoms with Gasteiger partial charge in [-0.3, -0.25) is 28.5 Å². The molecule has 1 fully saturated rings. The standard InChI is InChI=1S/C45H52N6O11S/c1-28-23-50(42(56)49-40(28)63-27-60-41(55)44(2,3)4)25-37(53)47-21-20-46-34-24-51(43(57)48-39(34)54)38-22-35(52)36(62-38)26-61-45(29-10-8-7-9-11-29,30-12-16-32(58-5)17-13-30)31-14-18-33(59-6)19-15-31/h7-19,23-24,35-36,38,46,52H,20-22,25-27H2,1-6H3,(H,47,53)(H,48,54,57)/t35-,36+,38+/m0/s1. The topological polar surface area (TPSA) is 214 Å². The second-order valence-electron chi connectivity index (χ2n) is 15.8. The third-order valence-corrected chi connectivity index (χ3v) is 11.2. The number of aromatic nitrogens is 4. The van der Waals surface area contributed by atoms with Crippen molar-refractivity contribution in [3.05, 3.63) is 145 Å². The Hall–Kier alpha value is -6.21. The van der Waals surface area contributed by atoms with E-state index in [2.05, 4.69) is 20.6 Å². The van der Waals surface area contributed by atoms with Crippen molar-refractivity contribution >= 4 is 29.3 Å². The number of carbonyl (C=O) groups excluding carboxylic acids is 2. The molecule has 2 aromatic heterocycles. The second-order valence-corrected chi connectivity index (χ2v) is 16.7. The number of hydrogen-bond acceptors (Lipinski definition) is 14. The molecule has 17 nitrogen and oxygen atoms in total. The van der Waals surface area contributed by atoms with Crippen LogP contribution in [-0.2, 0) is 35.9 Å². The molecule has 0 radical (unpaired) electrons. The zero-order valence-corrected chi connectivity index (χ0v) is 36.7. The molecule has 0 bridgehead atoms. The third kappa shape index (κ3) is 11.1. The number of aryl methyl sites for hydroxylation is 1. The second kappa shape index (κ2) is 20.3. The summed E-state index contributed by atoms with van der Waals surface area (Å²) in [7, 11) is 3.18. The zero-order chi connectivity index (χ0) is 45.3. The molecule has 18 heteroatoms. The lowest BCUT2D eigenvalue weighted by atomic mass is 9.80. The number of esters is 1. The fraction of sp³-hybridized carbons (Fsp3) is 0.378. The van der Waals surface area contributed by atoms with Gasteiger partial charge in [-0.2, -0.15) is 4.98 Å². The maximum Gasteiger partial charge on any atom is 0.349 e. The van der Waals surface area contributed by atoms with Crippen LogP contribution >= 0.6 is 11.8 Å². The smallest absolute Gasteiger partial charge is 0.349 e. The first-order valence-electron chi connectivity index (χ1n) is 20.2. The summed E-state index contributed by atoms with van der Waals surface area (Å²) in [6.45, 7) is 6.70. The molecule has 1 amide bonds. The summed E-state index contributed by atoms with van der Waals surface area (Å²) in [5.41, 5.74) is -0.875. The number of amides is 1. The van der Waals surface area contributed by atoms with Crippen molar-refractivity contribution in [2.24, 2.45) is 5.41 Å². The molecular weight excluding hydrogens is 833 g/mol. The summed E-state index contributed by atoms with van der Waals surface area (Å²) < 4.78 is 31.7. The number of nitrogens with zero attached hydrogens (tertiary/aromatic N) is 3. The molecule has 3 aromatic carbocycles. The molecule has 63 heavy (non-hydrogen) atoms. The number of aliphatic hydroxyl groups excluding tert-OH is 1. The summed E-state index contributed by atoms with van der Waals surface area (Å²) in [4.78, 5) is 69.7. The number of anilines is 1. The first-order valence-corrected chi connectivity index (χ1v) is 21.2. The zero-order valence-electron chi connectivity index (χ0n) is 35.9. The quantitative estimate of drug-likeness (QED) is 0.0245. The van der Waals surface area contributed by atoms with Crippen LogP contribution in [0.3, 0.4) is 0 Å². The van der Waals surface area contributed by atoms with Crippen LogP contribution in [0.5, 0.6) is 11.5 Å². The minimum atomic E-state index is -1.18. The van der Waals surface area contributed by atoms with Crippen LogP contribution in [-0.4, -0.2) is 88.1 Å². The van der Waals surface area contributed by atoms with Gasteiger partial charge in [0.2, 0.25) is 5.91 Å². The van der Waals surface area contributed by atoms with E-state index < -0.39 is 52.3 Å². The Labute approximate surface area is 367 Å². The van der Waals surface area contributed by atoms with Gasteiger partial charge in [0.1, 0.15) is 52.6 Å². The molecule has 0 unspecified atom stereocenters. The first-order chi connectivity index (χ1) is 30.1. The Morgan fingerprint density at radius 1 is 0.905 bits per heavy atom. The molecule has 6 rings (SSSR count). The van der Waals surface area contributed by atoms with E-state index in [-0.39, 0.29) is 50.3 Å². The van der Waals surface area contributed by atoms with Gasteiger partial charge in [-0.05, 0) is 74.2 Å². The lowest BCUT2D eigenvalue weighted by molar-refractivity contribution is -0.150. The van der Waals surface area contributed by atoms with E-state index in [4.69, 9.17) is 23.7 Å². The fourth-order valence-electron chi connectivity index (χ4n) is 6.95. The molecule has 4 N–H and O–H groups in total. The van der Waals surface area contributed by atoms with Crippen molar-refractivity contribution in [2.45, 2.75) is 69.7 Å². The minimum Gasteiger partial charge on any atom is -0.497 e.